The molecular formula is C12H11BrClNO. The molecule has 2 aromatic rings. The second kappa shape index (κ2) is 4.62. The van der Waals surface area contributed by atoms with Crippen molar-refractivity contribution in [2.24, 2.45) is 5.73 Å². The SMILES string of the molecule is Cc1ccc(C(N)c2ccc(Br)c(Cl)c2)o1. The number of hydrogen-bond donors (Lipinski definition) is 1. The van der Waals surface area contributed by atoms with Crippen molar-refractivity contribution in [1.82, 2.24) is 0 Å². The molecule has 0 aliphatic rings. The van der Waals surface area contributed by atoms with Gasteiger partial charge in [0.2, 0.25) is 0 Å². The van der Waals surface area contributed by atoms with Gasteiger partial charge in [0.15, 0.2) is 0 Å². The fourth-order valence-electron chi connectivity index (χ4n) is 1.49. The monoisotopic (exact) mass is 299 g/mol. The van der Waals surface area contributed by atoms with Crippen molar-refractivity contribution in [3.8, 4) is 0 Å². The van der Waals surface area contributed by atoms with Crippen LogP contribution in [-0.4, -0.2) is 0 Å². The average molecular weight is 301 g/mol. The van der Waals surface area contributed by atoms with Gasteiger partial charge in [0, 0.05) is 4.47 Å². The maximum Gasteiger partial charge on any atom is 0.125 e. The third-order valence-corrected chi connectivity index (χ3v) is 3.60. The minimum Gasteiger partial charge on any atom is -0.464 e. The van der Waals surface area contributed by atoms with Crippen LogP contribution in [0, 0.1) is 6.92 Å². The highest BCUT2D eigenvalue weighted by atomic mass is 79.9. The van der Waals surface area contributed by atoms with E-state index in [4.69, 9.17) is 21.8 Å². The molecule has 1 aromatic heterocycles. The molecule has 0 aliphatic carbocycles. The molecule has 1 aromatic carbocycles. The van der Waals surface area contributed by atoms with Gasteiger partial charge in [-0.05, 0) is 52.7 Å². The lowest BCUT2D eigenvalue weighted by Crippen LogP contribution is -2.10. The number of nitrogens with two attached hydrogens (primary N) is 1. The van der Waals surface area contributed by atoms with Crippen LogP contribution in [0.4, 0.5) is 0 Å². The van der Waals surface area contributed by atoms with Gasteiger partial charge in [0.1, 0.15) is 11.5 Å². The minimum absolute atomic E-state index is 0.278. The maximum absolute atomic E-state index is 6.08. The van der Waals surface area contributed by atoms with E-state index in [1.807, 2.05) is 37.3 Å². The summed E-state index contributed by atoms with van der Waals surface area (Å²) >= 11 is 9.36. The van der Waals surface area contributed by atoms with Gasteiger partial charge in [0.25, 0.3) is 0 Å². The van der Waals surface area contributed by atoms with E-state index in [1.54, 1.807) is 0 Å². The largest absolute Gasteiger partial charge is 0.464 e. The summed E-state index contributed by atoms with van der Waals surface area (Å²) in [5.41, 5.74) is 7.01. The summed E-state index contributed by atoms with van der Waals surface area (Å²) < 4.78 is 6.35. The van der Waals surface area contributed by atoms with Gasteiger partial charge in [-0.1, -0.05) is 17.7 Å². The van der Waals surface area contributed by atoms with Gasteiger partial charge in [0.05, 0.1) is 11.1 Å². The Kier molecular flexibility index (Phi) is 3.38. The molecule has 1 heterocycles. The summed E-state index contributed by atoms with van der Waals surface area (Å²) in [5, 5.41) is 0.649. The van der Waals surface area contributed by atoms with Crippen molar-refractivity contribution in [2.45, 2.75) is 13.0 Å². The van der Waals surface area contributed by atoms with Crippen molar-refractivity contribution in [3.63, 3.8) is 0 Å². The highest BCUT2D eigenvalue weighted by Gasteiger charge is 2.13. The van der Waals surface area contributed by atoms with Crippen LogP contribution in [0.25, 0.3) is 0 Å². The average Bonchev–Trinajstić information content (AvgIpc) is 2.68. The second-order valence-corrected chi connectivity index (χ2v) is 4.86. The lowest BCUT2D eigenvalue weighted by Gasteiger charge is -2.10. The highest BCUT2D eigenvalue weighted by molar-refractivity contribution is 9.10. The Morgan fingerprint density at radius 3 is 2.62 bits per heavy atom. The summed E-state index contributed by atoms with van der Waals surface area (Å²) in [5.74, 6) is 1.60. The van der Waals surface area contributed by atoms with E-state index >= 15 is 0 Å². The molecule has 0 saturated carbocycles. The first-order valence-corrected chi connectivity index (χ1v) is 6.02. The van der Waals surface area contributed by atoms with Crippen molar-refractivity contribution in [3.05, 3.63) is 56.9 Å². The van der Waals surface area contributed by atoms with Gasteiger partial charge in [-0.15, -0.1) is 0 Å². The van der Waals surface area contributed by atoms with Crippen LogP contribution in [0.3, 0.4) is 0 Å². The molecule has 0 fully saturated rings. The molecule has 0 saturated heterocycles. The Balaban J connectivity index is 2.33. The molecule has 2 N–H and O–H groups in total. The fraction of sp³-hybridized carbons (Fsp3) is 0.167. The Bertz CT molecular complexity index is 509. The van der Waals surface area contributed by atoms with Crippen LogP contribution in [-0.2, 0) is 0 Å². The molecule has 0 spiro atoms. The second-order valence-electron chi connectivity index (χ2n) is 3.60. The molecule has 1 atom stereocenters. The van der Waals surface area contributed by atoms with Gasteiger partial charge in [-0.2, -0.15) is 0 Å². The predicted molar refractivity (Wildman–Crippen MR) is 68.6 cm³/mol. The third kappa shape index (κ3) is 2.32. The number of aryl methyl sites for hydroxylation is 1. The number of halogens is 2. The quantitative estimate of drug-likeness (QED) is 0.908. The molecular weight excluding hydrogens is 289 g/mol. The number of hydrogen-bond acceptors (Lipinski definition) is 2. The van der Waals surface area contributed by atoms with Crippen LogP contribution in [0.2, 0.25) is 5.02 Å². The van der Waals surface area contributed by atoms with Crippen LogP contribution >= 0.6 is 27.5 Å². The first-order valence-electron chi connectivity index (χ1n) is 4.85. The fourth-order valence-corrected chi connectivity index (χ4v) is 1.93. The lowest BCUT2D eigenvalue weighted by atomic mass is 10.1. The zero-order valence-corrected chi connectivity index (χ0v) is 11.0. The smallest absolute Gasteiger partial charge is 0.125 e. The van der Waals surface area contributed by atoms with E-state index in [0.717, 1.165) is 21.6 Å². The topological polar surface area (TPSA) is 39.2 Å². The Morgan fingerprint density at radius 2 is 2.06 bits per heavy atom. The molecule has 0 amide bonds. The molecule has 2 nitrogen and oxygen atoms in total. The van der Waals surface area contributed by atoms with Gasteiger partial charge < -0.3 is 10.2 Å². The van der Waals surface area contributed by atoms with Crippen molar-refractivity contribution < 1.29 is 4.42 Å². The predicted octanol–water partition coefficient (Wildman–Crippen LogP) is 4.05. The van der Waals surface area contributed by atoms with Crippen LogP contribution in [0.1, 0.15) is 23.1 Å². The van der Waals surface area contributed by atoms with Crippen LogP contribution in [0.5, 0.6) is 0 Å². The summed E-state index contributed by atoms with van der Waals surface area (Å²) in [6.45, 7) is 1.89. The molecule has 4 heteroatoms. The van der Waals surface area contributed by atoms with E-state index in [2.05, 4.69) is 15.9 Å². The lowest BCUT2D eigenvalue weighted by molar-refractivity contribution is 0.466. The summed E-state index contributed by atoms with van der Waals surface area (Å²) in [4.78, 5) is 0. The first-order chi connectivity index (χ1) is 7.58. The minimum atomic E-state index is -0.278. The normalized spacial score (nSPS) is 12.8. The zero-order chi connectivity index (χ0) is 11.7. The van der Waals surface area contributed by atoms with E-state index < -0.39 is 0 Å². The van der Waals surface area contributed by atoms with E-state index in [0.29, 0.717) is 5.02 Å². The molecule has 0 aliphatic heterocycles. The first kappa shape index (κ1) is 11.7. The third-order valence-electron chi connectivity index (χ3n) is 2.37. The summed E-state index contributed by atoms with van der Waals surface area (Å²) in [6.07, 6.45) is 0. The molecule has 1 unspecified atom stereocenters. The maximum atomic E-state index is 6.08. The molecule has 2 rings (SSSR count). The molecule has 0 radical (unpaired) electrons. The molecule has 84 valence electrons. The summed E-state index contributed by atoms with van der Waals surface area (Å²) in [7, 11) is 0. The van der Waals surface area contributed by atoms with Gasteiger partial charge in [-0.25, -0.2) is 0 Å². The van der Waals surface area contributed by atoms with Crippen LogP contribution in [0.15, 0.2) is 39.2 Å². The van der Waals surface area contributed by atoms with Gasteiger partial charge >= 0.3 is 0 Å². The number of benzene rings is 1. The van der Waals surface area contributed by atoms with Crippen molar-refractivity contribution >= 4 is 27.5 Å². The standard InChI is InChI=1S/C12H11BrClNO/c1-7-2-5-11(16-7)12(15)8-3-4-9(13)10(14)6-8/h2-6,12H,15H2,1H3. The Labute approximate surface area is 108 Å². The number of furan rings is 1. The summed E-state index contributed by atoms with van der Waals surface area (Å²) in [6, 6.07) is 9.16. The Hall–Kier alpha value is -0.770. The molecule has 16 heavy (non-hydrogen) atoms. The van der Waals surface area contributed by atoms with E-state index in [-0.39, 0.29) is 6.04 Å². The van der Waals surface area contributed by atoms with Gasteiger partial charge in [-0.3, -0.25) is 0 Å². The number of rotatable bonds is 2. The van der Waals surface area contributed by atoms with Crippen LogP contribution < -0.4 is 5.73 Å². The van der Waals surface area contributed by atoms with E-state index in [9.17, 15) is 0 Å². The van der Waals surface area contributed by atoms with Crippen molar-refractivity contribution in [1.29, 1.82) is 0 Å². The zero-order valence-electron chi connectivity index (χ0n) is 8.71. The highest BCUT2D eigenvalue weighted by Crippen LogP contribution is 2.28. The van der Waals surface area contributed by atoms with E-state index in [1.165, 1.54) is 0 Å². The molecule has 0 bridgehead atoms. The van der Waals surface area contributed by atoms with Crippen molar-refractivity contribution in [2.75, 3.05) is 0 Å². The Morgan fingerprint density at radius 1 is 1.31 bits per heavy atom.